The van der Waals surface area contributed by atoms with E-state index in [1.54, 1.807) is 0 Å². The van der Waals surface area contributed by atoms with E-state index in [0.29, 0.717) is 5.95 Å². The second-order valence-corrected chi connectivity index (χ2v) is 7.48. The lowest BCUT2D eigenvalue weighted by Gasteiger charge is -2.21. The fourth-order valence-corrected chi connectivity index (χ4v) is 3.89. The lowest BCUT2D eigenvalue weighted by Crippen LogP contribution is -2.26. The Labute approximate surface area is 183 Å². The molecular formula is C21H23ClF3N5O. The lowest BCUT2D eigenvalue weighted by molar-refractivity contribution is -0.141. The predicted molar refractivity (Wildman–Crippen MR) is 115 cm³/mol. The Hall–Kier alpha value is -2.65. The molecule has 1 aliphatic heterocycles. The first-order valence-electron chi connectivity index (χ1n) is 9.87. The van der Waals surface area contributed by atoms with Crippen LogP contribution in [0.1, 0.15) is 46.9 Å². The van der Waals surface area contributed by atoms with Crippen molar-refractivity contribution in [2.24, 2.45) is 0 Å². The zero-order valence-electron chi connectivity index (χ0n) is 16.9. The number of amides is 1. The molecule has 1 aromatic carbocycles. The number of aryl methyl sites for hydroxylation is 1. The van der Waals surface area contributed by atoms with E-state index in [-0.39, 0.29) is 24.0 Å². The van der Waals surface area contributed by atoms with E-state index in [9.17, 15) is 18.0 Å². The molecule has 4 rings (SSSR count). The average molecular weight is 454 g/mol. The van der Waals surface area contributed by atoms with Crippen LogP contribution in [-0.2, 0) is 6.18 Å². The van der Waals surface area contributed by atoms with Crippen LogP contribution in [0.25, 0.3) is 11.0 Å². The third-order valence-electron chi connectivity index (χ3n) is 5.34. The molecule has 1 unspecified atom stereocenters. The number of nitrogens with zero attached hydrogens (tertiary/aromatic N) is 3. The maximum atomic E-state index is 13.0. The number of nitrogens with one attached hydrogen (secondary N) is 2. The minimum absolute atomic E-state index is 0. The monoisotopic (exact) mass is 453 g/mol. The van der Waals surface area contributed by atoms with E-state index in [1.165, 1.54) is 6.07 Å². The van der Waals surface area contributed by atoms with Crippen LogP contribution in [0.2, 0.25) is 0 Å². The third kappa shape index (κ3) is 4.83. The summed E-state index contributed by atoms with van der Waals surface area (Å²) in [6.45, 7) is 3.64. The van der Waals surface area contributed by atoms with Gasteiger partial charge in [-0.25, -0.2) is 4.98 Å². The molecule has 3 heterocycles. The molecule has 0 aliphatic carbocycles. The summed E-state index contributed by atoms with van der Waals surface area (Å²) in [5.41, 5.74) is 1.46. The molecule has 1 amide bonds. The van der Waals surface area contributed by atoms with Crippen molar-refractivity contribution < 1.29 is 18.0 Å². The summed E-state index contributed by atoms with van der Waals surface area (Å²) in [5, 5.41) is 6.14. The van der Waals surface area contributed by atoms with E-state index in [2.05, 4.69) is 20.6 Å². The number of carbonyl (C=O) groups is 1. The van der Waals surface area contributed by atoms with E-state index in [4.69, 9.17) is 0 Å². The highest BCUT2D eigenvalue weighted by molar-refractivity contribution is 6.04. The van der Waals surface area contributed by atoms with Gasteiger partial charge in [-0.2, -0.15) is 13.2 Å². The number of pyridine rings is 1. The van der Waals surface area contributed by atoms with Crippen molar-refractivity contribution in [1.82, 2.24) is 19.9 Å². The van der Waals surface area contributed by atoms with Gasteiger partial charge in [0.15, 0.2) is 0 Å². The summed E-state index contributed by atoms with van der Waals surface area (Å²) in [6, 6.07) is 7.83. The van der Waals surface area contributed by atoms with E-state index >= 15 is 0 Å². The molecule has 1 fully saturated rings. The minimum Gasteiger partial charge on any atom is -0.315 e. The molecular weight excluding hydrogens is 431 g/mol. The standard InChI is InChI=1S/C21H22F3N5O.ClH/c1-13-5-4-7-16-18(13)29(15-6-2-3-9-25-12-15)20(27-16)28-19(30)14-8-10-26-17(11-14)21(22,23)24;/h4-5,7-8,10-11,15,25H,2-3,6,9,12H2,1H3,(H,27,28,30);1H. The molecule has 31 heavy (non-hydrogen) atoms. The molecule has 1 aliphatic rings. The van der Waals surface area contributed by atoms with Gasteiger partial charge in [-0.15, -0.1) is 12.4 Å². The molecule has 1 atom stereocenters. The summed E-state index contributed by atoms with van der Waals surface area (Å²) in [4.78, 5) is 20.7. The van der Waals surface area contributed by atoms with Gasteiger partial charge in [0, 0.05) is 24.3 Å². The third-order valence-corrected chi connectivity index (χ3v) is 5.34. The van der Waals surface area contributed by atoms with Crippen LogP contribution in [0.15, 0.2) is 36.5 Å². The van der Waals surface area contributed by atoms with E-state index in [0.717, 1.165) is 61.2 Å². The van der Waals surface area contributed by atoms with E-state index in [1.807, 2.05) is 29.7 Å². The highest BCUT2D eigenvalue weighted by atomic mass is 35.5. The SMILES string of the molecule is Cc1cccc2nc(NC(=O)c3ccnc(C(F)(F)F)c3)n(C3CCCCNC3)c12.Cl. The molecule has 0 spiro atoms. The number of para-hydroxylation sites is 1. The summed E-state index contributed by atoms with van der Waals surface area (Å²) in [7, 11) is 0. The largest absolute Gasteiger partial charge is 0.433 e. The Morgan fingerprint density at radius 2 is 2.06 bits per heavy atom. The molecule has 3 aromatic rings. The topological polar surface area (TPSA) is 71.8 Å². The highest BCUT2D eigenvalue weighted by Crippen LogP contribution is 2.31. The molecule has 0 bridgehead atoms. The summed E-state index contributed by atoms with van der Waals surface area (Å²) in [5.74, 6) is -0.318. The minimum atomic E-state index is -4.62. The van der Waals surface area contributed by atoms with Crippen LogP contribution < -0.4 is 10.6 Å². The summed E-state index contributed by atoms with van der Waals surface area (Å²) < 4.78 is 40.9. The quantitative estimate of drug-likeness (QED) is 0.600. The van der Waals surface area contributed by atoms with Crippen LogP contribution in [0.4, 0.5) is 19.1 Å². The lowest BCUT2D eigenvalue weighted by atomic mass is 10.1. The Morgan fingerprint density at radius 1 is 1.26 bits per heavy atom. The van der Waals surface area contributed by atoms with Crippen molar-refractivity contribution in [3.8, 4) is 0 Å². The van der Waals surface area contributed by atoms with Gasteiger partial charge >= 0.3 is 6.18 Å². The molecule has 6 nitrogen and oxygen atoms in total. The van der Waals surface area contributed by atoms with Crippen molar-refractivity contribution in [3.63, 3.8) is 0 Å². The number of alkyl halides is 3. The van der Waals surface area contributed by atoms with Crippen molar-refractivity contribution in [2.75, 3.05) is 18.4 Å². The molecule has 2 N–H and O–H groups in total. The molecule has 2 aromatic heterocycles. The summed E-state index contributed by atoms with van der Waals surface area (Å²) >= 11 is 0. The van der Waals surface area contributed by atoms with Crippen molar-refractivity contribution in [3.05, 3.63) is 53.3 Å². The van der Waals surface area contributed by atoms with Crippen LogP contribution in [0.5, 0.6) is 0 Å². The van der Waals surface area contributed by atoms with Gasteiger partial charge in [-0.1, -0.05) is 18.6 Å². The fraction of sp³-hybridized carbons (Fsp3) is 0.381. The zero-order valence-corrected chi connectivity index (χ0v) is 17.7. The number of hydrogen-bond donors (Lipinski definition) is 2. The Balaban J connectivity index is 0.00000272. The van der Waals surface area contributed by atoms with Gasteiger partial charge in [0.05, 0.1) is 11.0 Å². The molecule has 10 heteroatoms. The second-order valence-electron chi connectivity index (χ2n) is 7.48. The molecule has 166 valence electrons. The highest BCUT2D eigenvalue weighted by Gasteiger charge is 2.33. The predicted octanol–water partition coefficient (Wildman–Crippen LogP) is 4.75. The molecule has 0 saturated carbocycles. The number of hydrogen-bond acceptors (Lipinski definition) is 4. The van der Waals surface area contributed by atoms with Crippen LogP contribution >= 0.6 is 12.4 Å². The number of halogens is 4. The summed E-state index contributed by atoms with van der Waals surface area (Å²) in [6.07, 6.45) is -0.604. The first-order valence-corrected chi connectivity index (χ1v) is 9.87. The number of carbonyl (C=O) groups excluding carboxylic acids is 1. The fourth-order valence-electron chi connectivity index (χ4n) is 3.89. The van der Waals surface area contributed by atoms with Gasteiger partial charge in [-0.3, -0.25) is 15.1 Å². The first kappa shape index (κ1) is 23.0. The number of rotatable bonds is 3. The van der Waals surface area contributed by atoms with E-state index < -0.39 is 17.8 Å². The number of aromatic nitrogens is 3. The normalized spacial score (nSPS) is 17.1. The first-order chi connectivity index (χ1) is 14.3. The number of benzene rings is 1. The van der Waals surface area contributed by atoms with Crippen LogP contribution in [0, 0.1) is 6.92 Å². The van der Waals surface area contributed by atoms with Crippen molar-refractivity contribution in [2.45, 2.75) is 38.4 Å². The molecule has 1 saturated heterocycles. The number of fused-ring (bicyclic) bond motifs is 1. The average Bonchev–Trinajstić information content (AvgIpc) is 2.88. The smallest absolute Gasteiger partial charge is 0.315 e. The number of imidazole rings is 1. The Kier molecular flexibility index (Phi) is 6.86. The van der Waals surface area contributed by atoms with Gasteiger partial charge < -0.3 is 9.88 Å². The number of anilines is 1. The Morgan fingerprint density at radius 3 is 2.84 bits per heavy atom. The van der Waals surface area contributed by atoms with Crippen LogP contribution in [-0.4, -0.2) is 33.5 Å². The molecule has 0 radical (unpaired) electrons. The second kappa shape index (κ2) is 9.23. The maximum Gasteiger partial charge on any atom is 0.433 e. The van der Waals surface area contributed by atoms with Gasteiger partial charge in [0.2, 0.25) is 5.95 Å². The van der Waals surface area contributed by atoms with Gasteiger partial charge in [0.1, 0.15) is 5.69 Å². The zero-order chi connectivity index (χ0) is 21.3. The van der Waals surface area contributed by atoms with Crippen molar-refractivity contribution in [1.29, 1.82) is 0 Å². The van der Waals surface area contributed by atoms with Gasteiger partial charge in [0.25, 0.3) is 5.91 Å². The maximum absolute atomic E-state index is 13.0. The Bertz CT molecular complexity index is 1070. The van der Waals surface area contributed by atoms with Gasteiger partial charge in [-0.05, 0) is 50.1 Å². The van der Waals surface area contributed by atoms with Crippen molar-refractivity contribution >= 4 is 35.3 Å². The van der Waals surface area contributed by atoms with Crippen LogP contribution in [0.3, 0.4) is 0 Å².